The molecule has 0 aliphatic rings. The van der Waals surface area contributed by atoms with Gasteiger partial charge in [0.05, 0.1) is 5.52 Å². The van der Waals surface area contributed by atoms with Gasteiger partial charge in [-0.05, 0) is 42.8 Å². The van der Waals surface area contributed by atoms with E-state index in [1.165, 1.54) is 17.7 Å². The van der Waals surface area contributed by atoms with E-state index in [1.807, 2.05) is 30.3 Å². The number of para-hydroxylation sites is 1. The summed E-state index contributed by atoms with van der Waals surface area (Å²) >= 11 is 0. The van der Waals surface area contributed by atoms with Gasteiger partial charge in [0.25, 0.3) is 0 Å². The molecule has 3 heteroatoms. The summed E-state index contributed by atoms with van der Waals surface area (Å²) in [4.78, 5) is 8.25. The van der Waals surface area contributed by atoms with Gasteiger partial charge in [-0.2, -0.15) is 0 Å². The molecule has 120 valence electrons. The summed E-state index contributed by atoms with van der Waals surface area (Å²) in [7, 11) is 0. The Balaban J connectivity index is 2.04. The third-order valence-electron chi connectivity index (χ3n) is 4.72. The molecule has 5 rings (SSSR count). The van der Waals surface area contributed by atoms with E-state index < -0.39 is 0 Å². The van der Waals surface area contributed by atoms with Gasteiger partial charge in [-0.15, -0.1) is 0 Å². The molecule has 0 spiro atoms. The van der Waals surface area contributed by atoms with E-state index >= 15 is 0 Å². The van der Waals surface area contributed by atoms with E-state index in [1.54, 1.807) is 0 Å². The predicted octanol–water partition coefficient (Wildman–Crippen LogP) is 5.98. The summed E-state index contributed by atoms with van der Waals surface area (Å²) in [5.41, 5.74) is 6.12. The number of rotatable bonds is 1. The first-order chi connectivity index (χ1) is 12.2. The van der Waals surface area contributed by atoms with Crippen LogP contribution in [0.4, 0.5) is 4.39 Å². The maximum absolute atomic E-state index is 13.5. The topological polar surface area (TPSA) is 28.7 Å². The molecule has 0 bridgehead atoms. The number of pyridine rings is 1. The van der Waals surface area contributed by atoms with Crippen molar-refractivity contribution in [3.8, 4) is 11.1 Å². The van der Waals surface area contributed by atoms with Gasteiger partial charge in [-0.25, -0.2) is 9.37 Å². The van der Waals surface area contributed by atoms with Crippen LogP contribution in [0.15, 0.2) is 66.7 Å². The summed E-state index contributed by atoms with van der Waals surface area (Å²) in [5, 5.41) is 3.30. The lowest BCUT2D eigenvalue weighted by molar-refractivity contribution is 0.628. The molecule has 25 heavy (non-hydrogen) atoms. The smallest absolute Gasteiger partial charge is 0.139 e. The number of H-pyrrole nitrogens is 1. The second-order valence-electron chi connectivity index (χ2n) is 6.41. The number of nitrogens with zero attached hydrogens (tertiary/aromatic N) is 1. The van der Waals surface area contributed by atoms with Gasteiger partial charge in [0.2, 0.25) is 0 Å². The number of halogens is 1. The lowest BCUT2D eigenvalue weighted by atomic mass is 9.95. The predicted molar refractivity (Wildman–Crippen MR) is 101 cm³/mol. The lowest BCUT2D eigenvalue weighted by Crippen LogP contribution is -1.89. The molecule has 5 aromatic rings. The molecule has 0 saturated carbocycles. The third-order valence-corrected chi connectivity index (χ3v) is 4.72. The van der Waals surface area contributed by atoms with Crippen LogP contribution in [0.3, 0.4) is 0 Å². The molecule has 2 heterocycles. The molecule has 0 amide bonds. The molecule has 3 aromatic carbocycles. The SMILES string of the molecule is Cc1ccc2nc3[nH]c4ccccc4c3c(-c3ccc(F)cc3)c2c1. The number of aryl methyl sites for hydroxylation is 1. The van der Waals surface area contributed by atoms with Crippen LogP contribution in [0.2, 0.25) is 0 Å². The van der Waals surface area contributed by atoms with Crippen LogP contribution in [-0.4, -0.2) is 9.97 Å². The van der Waals surface area contributed by atoms with E-state index in [4.69, 9.17) is 4.98 Å². The summed E-state index contributed by atoms with van der Waals surface area (Å²) in [6.07, 6.45) is 0. The van der Waals surface area contributed by atoms with Gasteiger partial charge in [-0.1, -0.05) is 42.0 Å². The number of hydrogen-bond donors (Lipinski definition) is 1. The van der Waals surface area contributed by atoms with E-state index in [-0.39, 0.29) is 5.82 Å². The largest absolute Gasteiger partial charge is 0.339 e. The number of hydrogen-bond acceptors (Lipinski definition) is 1. The molecule has 0 aliphatic carbocycles. The van der Waals surface area contributed by atoms with Crippen molar-refractivity contribution in [2.45, 2.75) is 6.92 Å². The van der Waals surface area contributed by atoms with Crippen molar-refractivity contribution in [3.63, 3.8) is 0 Å². The standard InChI is InChI=1S/C22H15FN2/c1-13-6-11-19-17(12-13)20(14-7-9-15(23)10-8-14)21-16-4-2-3-5-18(16)24-22(21)25-19/h2-12H,1H3,(H,24,25). The van der Waals surface area contributed by atoms with Crippen LogP contribution < -0.4 is 0 Å². The first kappa shape index (κ1) is 14.2. The highest BCUT2D eigenvalue weighted by molar-refractivity contribution is 6.19. The Kier molecular flexibility index (Phi) is 2.92. The molecule has 2 nitrogen and oxygen atoms in total. The summed E-state index contributed by atoms with van der Waals surface area (Å²) in [6, 6.07) is 21.2. The molecule has 1 N–H and O–H groups in total. The van der Waals surface area contributed by atoms with E-state index in [0.29, 0.717) is 0 Å². The van der Waals surface area contributed by atoms with E-state index in [0.717, 1.165) is 44.0 Å². The van der Waals surface area contributed by atoms with Crippen LogP contribution in [0.25, 0.3) is 44.0 Å². The van der Waals surface area contributed by atoms with E-state index in [2.05, 4.69) is 36.2 Å². The van der Waals surface area contributed by atoms with Crippen LogP contribution in [-0.2, 0) is 0 Å². The Morgan fingerprint density at radius 3 is 2.52 bits per heavy atom. The van der Waals surface area contributed by atoms with Crippen LogP contribution in [0.1, 0.15) is 5.56 Å². The fraction of sp³-hybridized carbons (Fsp3) is 0.0455. The Labute approximate surface area is 143 Å². The second-order valence-corrected chi connectivity index (χ2v) is 6.41. The number of benzene rings is 3. The Bertz CT molecular complexity index is 1250. The van der Waals surface area contributed by atoms with Gasteiger partial charge in [0, 0.05) is 27.2 Å². The average molecular weight is 326 g/mol. The molecule has 0 atom stereocenters. The van der Waals surface area contributed by atoms with Crippen molar-refractivity contribution in [2.75, 3.05) is 0 Å². The molecule has 0 saturated heterocycles. The number of nitrogens with one attached hydrogen (secondary N) is 1. The fourth-order valence-corrected chi connectivity index (χ4v) is 3.58. The Hall–Kier alpha value is -3.20. The summed E-state index contributed by atoms with van der Waals surface area (Å²) in [5.74, 6) is -0.228. The van der Waals surface area contributed by atoms with Gasteiger partial charge in [0.1, 0.15) is 11.5 Å². The quantitative estimate of drug-likeness (QED) is 0.403. The fourth-order valence-electron chi connectivity index (χ4n) is 3.58. The maximum Gasteiger partial charge on any atom is 0.139 e. The highest BCUT2D eigenvalue weighted by Crippen LogP contribution is 2.39. The zero-order chi connectivity index (χ0) is 17.0. The zero-order valence-electron chi connectivity index (χ0n) is 13.7. The molecule has 0 aliphatic heterocycles. The van der Waals surface area contributed by atoms with Crippen LogP contribution in [0, 0.1) is 12.7 Å². The van der Waals surface area contributed by atoms with Crippen molar-refractivity contribution in [1.29, 1.82) is 0 Å². The molecular weight excluding hydrogens is 311 g/mol. The highest BCUT2D eigenvalue weighted by Gasteiger charge is 2.16. The summed E-state index contributed by atoms with van der Waals surface area (Å²) in [6.45, 7) is 2.08. The average Bonchev–Trinajstić information content (AvgIpc) is 2.99. The highest BCUT2D eigenvalue weighted by atomic mass is 19.1. The summed E-state index contributed by atoms with van der Waals surface area (Å²) < 4.78 is 13.5. The second kappa shape index (κ2) is 5.15. The third kappa shape index (κ3) is 2.13. The number of fused-ring (bicyclic) bond motifs is 4. The van der Waals surface area contributed by atoms with Crippen LogP contribution >= 0.6 is 0 Å². The molecule has 0 unspecified atom stereocenters. The van der Waals surface area contributed by atoms with Gasteiger partial charge in [-0.3, -0.25) is 0 Å². The first-order valence-corrected chi connectivity index (χ1v) is 8.27. The number of aromatic nitrogens is 2. The monoisotopic (exact) mass is 326 g/mol. The van der Waals surface area contributed by atoms with Crippen molar-refractivity contribution >= 4 is 32.8 Å². The number of aromatic amines is 1. The van der Waals surface area contributed by atoms with Crippen molar-refractivity contribution in [1.82, 2.24) is 9.97 Å². The zero-order valence-corrected chi connectivity index (χ0v) is 13.7. The molecule has 0 radical (unpaired) electrons. The van der Waals surface area contributed by atoms with Gasteiger partial charge >= 0.3 is 0 Å². The van der Waals surface area contributed by atoms with Crippen molar-refractivity contribution < 1.29 is 4.39 Å². The van der Waals surface area contributed by atoms with Crippen molar-refractivity contribution in [3.05, 3.63) is 78.1 Å². The Morgan fingerprint density at radius 2 is 1.68 bits per heavy atom. The lowest BCUT2D eigenvalue weighted by Gasteiger charge is -2.10. The maximum atomic E-state index is 13.5. The molecule has 2 aromatic heterocycles. The Morgan fingerprint density at radius 1 is 0.880 bits per heavy atom. The molecule has 0 fully saturated rings. The minimum atomic E-state index is -0.228. The van der Waals surface area contributed by atoms with Gasteiger partial charge < -0.3 is 4.98 Å². The van der Waals surface area contributed by atoms with Gasteiger partial charge in [0.15, 0.2) is 0 Å². The molecular formula is C22H15FN2. The van der Waals surface area contributed by atoms with Crippen LogP contribution in [0.5, 0.6) is 0 Å². The van der Waals surface area contributed by atoms with Crippen molar-refractivity contribution in [2.24, 2.45) is 0 Å². The minimum Gasteiger partial charge on any atom is -0.339 e. The minimum absolute atomic E-state index is 0.228. The normalized spacial score (nSPS) is 11.6. The van der Waals surface area contributed by atoms with E-state index in [9.17, 15) is 4.39 Å². The first-order valence-electron chi connectivity index (χ1n) is 8.27.